The molecule has 100 valence electrons. The number of fused-ring (bicyclic) bond motifs is 2. The summed E-state index contributed by atoms with van der Waals surface area (Å²) in [6.45, 7) is 0. The fraction of sp³-hybridized carbons (Fsp3) is 0. The van der Waals surface area contributed by atoms with Gasteiger partial charge < -0.3 is 10.4 Å². The minimum Gasteiger partial charge on any atom is -0.478 e. The molecule has 1 aliphatic heterocycles. The number of carbonyl (C=O) groups excluding carboxylic acids is 1. The van der Waals surface area contributed by atoms with Crippen molar-refractivity contribution in [2.24, 2.45) is 0 Å². The van der Waals surface area contributed by atoms with Crippen molar-refractivity contribution in [2.75, 3.05) is 5.32 Å². The van der Waals surface area contributed by atoms with Crippen molar-refractivity contribution in [3.8, 4) is 0 Å². The highest BCUT2D eigenvalue weighted by molar-refractivity contribution is 7.99. The van der Waals surface area contributed by atoms with Gasteiger partial charge in [-0.25, -0.2) is 4.79 Å². The topological polar surface area (TPSA) is 66.4 Å². The van der Waals surface area contributed by atoms with Crippen molar-refractivity contribution >= 4 is 40.9 Å². The van der Waals surface area contributed by atoms with Gasteiger partial charge in [-0.2, -0.15) is 0 Å². The van der Waals surface area contributed by atoms with Crippen molar-refractivity contribution in [1.29, 1.82) is 0 Å². The fourth-order valence-electron chi connectivity index (χ4n) is 1.95. The number of rotatable bonds is 1. The Balaban J connectivity index is 2.17. The second-order valence-electron chi connectivity index (χ2n) is 4.19. The molecule has 0 saturated carbocycles. The standard InChI is InChI=1S/C14H8ClNO3S/c15-9-6-12-10(5-8(9)14(18)19)16-13(17)7-3-1-2-4-11(7)20-12/h1-6H,(H,16,17)(H,18,19). The average Bonchev–Trinajstić information content (AvgIpc) is 2.54. The summed E-state index contributed by atoms with van der Waals surface area (Å²) in [6, 6.07) is 10.1. The number of benzene rings is 2. The van der Waals surface area contributed by atoms with Gasteiger partial charge >= 0.3 is 5.97 Å². The van der Waals surface area contributed by atoms with Crippen LogP contribution in [0, 0.1) is 0 Å². The smallest absolute Gasteiger partial charge is 0.337 e. The van der Waals surface area contributed by atoms with E-state index < -0.39 is 5.97 Å². The summed E-state index contributed by atoms with van der Waals surface area (Å²) >= 11 is 7.35. The first-order chi connectivity index (χ1) is 9.56. The monoisotopic (exact) mass is 305 g/mol. The molecule has 1 aliphatic rings. The van der Waals surface area contributed by atoms with E-state index in [1.54, 1.807) is 18.2 Å². The molecule has 2 aromatic carbocycles. The molecule has 1 amide bonds. The maximum Gasteiger partial charge on any atom is 0.337 e. The lowest BCUT2D eigenvalue weighted by atomic mass is 10.1. The van der Waals surface area contributed by atoms with Gasteiger partial charge in [0.2, 0.25) is 0 Å². The van der Waals surface area contributed by atoms with Crippen molar-refractivity contribution in [2.45, 2.75) is 9.79 Å². The predicted molar refractivity (Wildman–Crippen MR) is 76.9 cm³/mol. The first kappa shape index (κ1) is 13.0. The highest BCUT2D eigenvalue weighted by Gasteiger charge is 2.22. The molecule has 0 unspecified atom stereocenters. The van der Waals surface area contributed by atoms with Crippen LogP contribution in [-0.2, 0) is 0 Å². The van der Waals surface area contributed by atoms with Crippen molar-refractivity contribution in [1.82, 2.24) is 0 Å². The van der Waals surface area contributed by atoms with E-state index in [2.05, 4.69) is 5.32 Å². The van der Waals surface area contributed by atoms with E-state index in [-0.39, 0.29) is 16.5 Å². The van der Waals surface area contributed by atoms with Gasteiger partial charge in [0, 0.05) is 9.79 Å². The molecule has 0 aromatic heterocycles. The molecule has 4 nitrogen and oxygen atoms in total. The quantitative estimate of drug-likeness (QED) is 0.842. The van der Waals surface area contributed by atoms with Crippen molar-refractivity contribution in [3.63, 3.8) is 0 Å². The number of carbonyl (C=O) groups is 2. The van der Waals surface area contributed by atoms with E-state index in [1.807, 2.05) is 12.1 Å². The zero-order valence-corrected chi connectivity index (χ0v) is 11.6. The highest BCUT2D eigenvalue weighted by atomic mass is 35.5. The molecule has 6 heteroatoms. The van der Waals surface area contributed by atoms with Crippen LogP contribution in [0.5, 0.6) is 0 Å². The zero-order chi connectivity index (χ0) is 14.3. The molecule has 0 bridgehead atoms. The van der Waals surface area contributed by atoms with E-state index in [4.69, 9.17) is 16.7 Å². The largest absolute Gasteiger partial charge is 0.478 e. The average molecular weight is 306 g/mol. The fourth-order valence-corrected chi connectivity index (χ4v) is 3.31. The van der Waals surface area contributed by atoms with Gasteiger partial charge in [-0.05, 0) is 24.3 Å². The van der Waals surface area contributed by atoms with Crippen LogP contribution in [0.1, 0.15) is 20.7 Å². The number of amides is 1. The molecule has 1 heterocycles. The third-order valence-corrected chi connectivity index (χ3v) is 4.35. The van der Waals surface area contributed by atoms with Gasteiger partial charge in [0.25, 0.3) is 5.91 Å². The lowest BCUT2D eigenvalue weighted by Gasteiger charge is -2.08. The zero-order valence-electron chi connectivity index (χ0n) is 10.0. The van der Waals surface area contributed by atoms with Crippen LogP contribution < -0.4 is 5.32 Å². The second kappa shape index (κ2) is 4.85. The van der Waals surface area contributed by atoms with Crippen LogP contribution in [0.3, 0.4) is 0 Å². The number of carboxylic acid groups (broad SMARTS) is 1. The molecule has 0 spiro atoms. The maximum atomic E-state index is 12.1. The third kappa shape index (κ3) is 2.15. The lowest BCUT2D eigenvalue weighted by molar-refractivity contribution is 0.0696. The van der Waals surface area contributed by atoms with E-state index in [9.17, 15) is 9.59 Å². The Morgan fingerprint density at radius 1 is 1.20 bits per heavy atom. The van der Waals surface area contributed by atoms with Gasteiger partial charge in [-0.3, -0.25) is 4.79 Å². The number of halogens is 1. The third-order valence-electron chi connectivity index (χ3n) is 2.90. The Morgan fingerprint density at radius 2 is 1.95 bits per heavy atom. The summed E-state index contributed by atoms with van der Waals surface area (Å²) in [5.41, 5.74) is 0.983. The molecule has 3 rings (SSSR count). The Bertz CT molecular complexity index is 745. The van der Waals surface area contributed by atoms with E-state index in [0.717, 1.165) is 9.79 Å². The number of hydrogen-bond acceptors (Lipinski definition) is 3. The minimum atomic E-state index is -1.13. The summed E-state index contributed by atoms with van der Waals surface area (Å²) < 4.78 is 0. The van der Waals surface area contributed by atoms with Gasteiger partial charge in [0.05, 0.1) is 21.8 Å². The summed E-state index contributed by atoms with van der Waals surface area (Å²) in [7, 11) is 0. The highest BCUT2D eigenvalue weighted by Crippen LogP contribution is 2.41. The van der Waals surface area contributed by atoms with E-state index >= 15 is 0 Å². The van der Waals surface area contributed by atoms with Crippen molar-refractivity contribution in [3.05, 3.63) is 52.5 Å². The number of aromatic carboxylic acids is 1. The predicted octanol–water partition coefficient (Wildman–Crippen LogP) is 3.76. The number of nitrogens with one attached hydrogen (secondary N) is 1. The summed E-state index contributed by atoms with van der Waals surface area (Å²) in [5.74, 6) is -1.38. The van der Waals surface area contributed by atoms with Gasteiger partial charge in [0.15, 0.2) is 0 Å². The Morgan fingerprint density at radius 3 is 2.70 bits per heavy atom. The second-order valence-corrected chi connectivity index (χ2v) is 5.68. The van der Waals surface area contributed by atoms with E-state index in [0.29, 0.717) is 11.3 Å². The maximum absolute atomic E-state index is 12.1. The summed E-state index contributed by atoms with van der Waals surface area (Å²) in [5, 5.41) is 11.9. The van der Waals surface area contributed by atoms with Crippen LogP contribution >= 0.6 is 23.4 Å². The lowest BCUT2D eigenvalue weighted by Crippen LogP contribution is -2.12. The Kier molecular flexibility index (Phi) is 3.16. The van der Waals surface area contributed by atoms with Crippen LogP contribution in [0.15, 0.2) is 46.2 Å². The molecule has 0 aliphatic carbocycles. The normalized spacial score (nSPS) is 12.9. The van der Waals surface area contributed by atoms with Gasteiger partial charge in [-0.1, -0.05) is 35.5 Å². The van der Waals surface area contributed by atoms with E-state index in [1.165, 1.54) is 17.8 Å². The Hall–Kier alpha value is -1.98. The van der Waals surface area contributed by atoms with Crippen LogP contribution in [0.4, 0.5) is 5.69 Å². The molecular formula is C14H8ClNO3S. The number of carboxylic acids is 1. The number of hydrogen-bond donors (Lipinski definition) is 2. The van der Waals surface area contributed by atoms with Crippen LogP contribution in [-0.4, -0.2) is 17.0 Å². The summed E-state index contributed by atoms with van der Waals surface area (Å²) in [6.07, 6.45) is 0. The number of anilines is 1. The van der Waals surface area contributed by atoms with Gasteiger partial charge in [-0.15, -0.1) is 0 Å². The molecule has 0 saturated heterocycles. The van der Waals surface area contributed by atoms with Crippen LogP contribution in [0.2, 0.25) is 5.02 Å². The summed E-state index contributed by atoms with van der Waals surface area (Å²) in [4.78, 5) is 24.7. The first-order valence-electron chi connectivity index (χ1n) is 5.71. The molecule has 0 fully saturated rings. The first-order valence-corrected chi connectivity index (χ1v) is 6.91. The molecule has 20 heavy (non-hydrogen) atoms. The molecule has 0 atom stereocenters. The van der Waals surface area contributed by atoms with Crippen LogP contribution in [0.25, 0.3) is 0 Å². The van der Waals surface area contributed by atoms with Gasteiger partial charge in [0.1, 0.15) is 0 Å². The molecule has 0 radical (unpaired) electrons. The minimum absolute atomic E-state index is 0.0303. The molecular weight excluding hydrogens is 298 g/mol. The Labute approximate surface area is 123 Å². The molecule has 2 aromatic rings. The SMILES string of the molecule is O=C(O)c1cc2c(cc1Cl)Sc1ccccc1C(=O)N2. The molecule has 2 N–H and O–H groups in total. The van der Waals surface area contributed by atoms with Crippen molar-refractivity contribution < 1.29 is 14.7 Å².